The van der Waals surface area contributed by atoms with Gasteiger partial charge in [0.25, 0.3) is 0 Å². The lowest BCUT2D eigenvalue weighted by Crippen LogP contribution is -2.22. The Morgan fingerprint density at radius 1 is 1.17 bits per heavy atom. The first-order chi connectivity index (χ1) is 5.88. The number of benzene rings is 1. The predicted octanol–water partition coefficient (Wildman–Crippen LogP) is 2.26. The molecule has 2 nitrogen and oxygen atoms in total. The Bertz CT molecular complexity index is 279. The Morgan fingerprint density at radius 3 is 2.50 bits per heavy atom. The van der Waals surface area contributed by atoms with E-state index in [9.17, 15) is 0 Å². The summed E-state index contributed by atoms with van der Waals surface area (Å²) in [5.74, 6) is 0.751. The molecule has 1 heterocycles. The van der Waals surface area contributed by atoms with Gasteiger partial charge in [0.1, 0.15) is 5.84 Å². The minimum atomic E-state index is 0.751. The molecule has 0 aliphatic carbocycles. The largest absolute Gasteiger partial charge is 0.330 e. The first-order valence-electron chi connectivity index (χ1n) is 4.28. The molecular formula is C10H12N2. The third kappa shape index (κ3) is 1.20. The normalized spacial score (nSPS) is 17.0. The maximum atomic E-state index is 7.67. The highest BCUT2D eigenvalue weighted by molar-refractivity contribution is 5.97. The fourth-order valence-electron chi connectivity index (χ4n) is 1.57. The highest BCUT2D eigenvalue weighted by Crippen LogP contribution is 2.20. The van der Waals surface area contributed by atoms with Crippen molar-refractivity contribution in [3.63, 3.8) is 0 Å². The molecule has 0 saturated carbocycles. The van der Waals surface area contributed by atoms with Crippen LogP contribution in [0.25, 0.3) is 0 Å². The highest BCUT2D eigenvalue weighted by atomic mass is 15.2. The SMILES string of the molecule is N=C1CCCN1c1ccccc1. The fourth-order valence-corrected chi connectivity index (χ4v) is 1.57. The van der Waals surface area contributed by atoms with Crippen LogP contribution in [0.15, 0.2) is 30.3 Å². The molecule has 1 fully saturated rings. The van der Waals surface area contributed by atoms with Crippen molar-refractivity contribution in [1.29, 1.82) is 5.41 Å². The van der Waals surface area contributed by atoms with Crippen molar-refractivity contribution < 1.29 is 0 Å². The fraction of sp³-hybridized carbons (Fsp3) is 0.300. The van der Waals surface area contributed by atoms with E-state index >= 15 is 0 Å². The zero-order chi connectivity index (χ0) is 8.39. The van der Waals surface area contributed by atoms with E-state index in [1.807, 2.05) is 18.2 Å². The van der Waals surface area contributed by atoms with Gasteiger partial charge in [-0.1, -0.05) is 18.2 Å². The summed E-state index contributed by atoms with van der Waals surface area (Å²) in [4.78, 5) is 2.07. The average molecular weight is 160 g/mol. The van der Waals surface area contributed by atoms with Gasteiger partial charge in [0.15, 0.2) is 0 Å². The van der Waals surface area contributed by atoms with E-state index in [1.165, 1.54) is 0 Å². The second-order valence-corrected chi connectivity index (χ2v) is 3.04. The molecule has 1 aliphatic heterocycles. The number of nitrogens with zero attached hydrogens (tertiary/aromatic N) is 1. The van der Waals surface area contributed by atoms with Gasteiger partial charge in [-0.25, -0.2) is 0 Å². The van der Waals surface area contributed by atoms with Crippen molar-refractivity contribution in [3.8, 4) is 0 Å². The van der Waals surface area contributed by atoms with Crippen LogP contribution in [0, 0.1) is 5.41 Å². The van der Waals surface area contributed by atoms with Crippen molar-refractivity contribution in [1.82, 2.24) is 0 Å². The number of nitrogens with one attached hydrogen (secondary N) is 1. The van der Waals surface area contributed by atoms with E-state index in [0.29, 0.717) is 0 Å². The average Bonchev–Trinajstić information content (AvgIpc) is 2.53. The van der Waals surface area contributed by atoms with E-state index in [2.05, 4.69) is 17.0 Å². The zero-order valence-corrected chi connectivity index (χ0v) is 6.96. The lowest BCUT2D eigenvalue weighted by Gasteiger charge is -2.17. The summed E-state index contributed by atoms with van der Waals surface area (Å²) in [5.41, 5.74) is 1.15. The van der Waals surface area contributed by atoms with E-state index < -0.39 is 0 Å². The second-order valence-electron chi connectivity index (χ2n) is 3.04. The Kier molecular flexibility index (Phi) is 1.82. The predicted molar refractivity (Wildman–Crippen MR) is 50.7 cm³/mol. The Morgan fingerprint density at radius 2 is 1.92 bits per heavy atom. The van der Waals surface area contributed by atoms with Gasteiger partial charge in [-0.2, -0.15) is 0 Å². The van der Waals surface area contributed by atoms with Crippen LogP contribution in [0.5, 0.6) is 0 Å². The number of para-hydroxylation sites is 1. The highest BCUT2D eigenvalue weighted by Gasteiger charge is 2.17. The molecule has 0 spiro atoms. The first kappa shape index (κ1) is 7.35. The van der Waals surface area contributed by atoms with Gasteiger partial charge in [0.05, 0.1) is 0 Å². The summed E-state index contributed by atoms with van der Waals surface area (Å²) < 4.78 is 0. The zero-order valence-electron chi connectivity index (χ0n) is 6.96. The quantitative estimate of drug-likeness (QED) is 0.670. The molecule has 12 heavy (non-hydrogen) atoms. The third-order valence-corrected chi connectivity index (χ3v) is 2.19. The van der Waals surface area contributed by atoms with E-state index in [4.69, 9.17) is 5.41 Å². The molecule has 2 rings (SSSR count). The van der Waals surface area contributed by atoms with Gasteiger partial charge in [0.2, 0.25) is 0 Å². The summed E-state index contributed by atoms with van der Waals surface area (Å²) in [6.07, 6.45) is 2.04. The monoisotopic (exact) mass is 160 g/mol. The summed E-state index contributed by atoms with van der Waals surface area (Å²) >= 11 is 0. The molecule has 0 unspecified atom stereocenters. The smallest absolute Gasteiger partial charge is 0.100 e. The molecule has 0 atom stereocenters. The molecule has 0 radical (unpaired) electrons. The van der Waals surface area contributed by atoms with Crippen LogP contribution >= 0.6 is 0 Å². The van der Waals surface area contributed by atoms with Gasteiger partial charge in [-0.15, -0.1) is 0 Å². The molecule has 1 aliphatic rings. The number of amidine groups is 1. The summed E-state index contributed by atoms with van der Waals surface area (Å²) in [7, 11) is 0. The number of rotatable bonds is 1. The Labute approximate surface area is 72.3 Å². The van der Waals surface area contributed by atoms with Crippen LogP contribution in [-0.2, 0) is 0 Å². The van der Waals surface area contributed by atoms with Crippen molar-refractivity contribution in [2.75, 3.05) is 11.4 Å². The Balaban J connectivity index is 2.25. The minimum Gasteiger partial charge on any atom is -0.330 e. The lowest BCUT2D eigenvalue weighted by atomic mass is 10.3. The molecule has 1 aromatic carbocycles. The van der Waals surface area contributed by atoms with Crippen molar-refractivity contribution in [2.45, 2.75) is 12.8 Å². The maximum Gasteiger partial charge on any atom is 0.100 e. The van der Waals surface area contributed by atoms with Gasteiger partial charge in [0, 0.05) is 18.7 Å². The molecular weight excluding hydrogens is 148 g/mol. The number of hydrogen-bond acceptors (Lipinski definition) is 1. The van der Waals surface area contributed by atoms with Crippen molar-refractivity contribution in [2.24, 2.45) is 0 Å². The molecule has 62 valence electrons. The summed E-state index contributed by atoms with van der Waals surface area (Å²) in [6, 6.07) is 10.1. The van der Waals surface area contributed by atoms with E-state index in [-0.39, 0.29) is 0 Å². The van der Waals surface area contributed by atoms with Crippen LogP contribution in [0.2, 0.25) is 0 Å². The maximum absolute atomic E-state index is 7.67. The van der Waals surface area contributed by atoms with Crippen molar-refractivity contribution >= 4 is 11.5 Å². The molecule has 0 bridgehead atoms. The van der Waals surface area contributed by atoms with Gasteiger partial charge < -0.3 is 4.90 Å². The Hall–Kier alpha value is -1.31. The number of anilines is 1. The van der Waals surface area contributed by atoms with Crippen LogP contribution in [-0.4, -0.2) is 12.4 Å². The molecule has 0 aromatic heterocycles. The van der Waals surface area contributed by atoms with Crippen molar-refractivity contribution in [3.05, 3.63) is 30.3 Å². The van der Waals surface area contributed by atoms with Crippen LogP contribution in [0.1, 0.15) is 12.8 Å². The lowest BCUT2D eigenvalue weighted by molar-refractivity contribution is 0.956. The van der Waals surface area contributed by atoms with Crippen LogP contribution in [0.3, 0.4) is 0 Å². The number of hydrogen-bond donors (Lipinski definition) is 1. The standard InChI is InChI=1S/C10H12N2/c11-10-7-4-8-12(10)9-5-2-1-3-6-9/h1-3,5-6,11H,4,7-8H2. The summed E-state index contributed by atoms with van der Waals surface area (Å²) in [5, 5.41) is 7.67. The van der Waals surface area contributed by atoms with Crippen LogP contribution < -0.4 is 4.90 Å². The molecule has 1 N–H and O–H groups in total. The molecule has 2 heteroatoms. The van der Waals surface area contributed by atoms with Crippen LogP contribution in [0.4, 0.5) is 5.69 Å². The molecule has 1 saturated heterocycles. The topological polar surface area (TPSA) is 27.1 Å². The minimum absolute atomic E-state index is 0.751. The van der Waals surface area contributed by atoms with Gasteiger partial charge in [-0.3, -0.25) is 5.41 Å². The van der Waals surface area contributed by atoms with Gasteiger partial charge >= 0.3 is 0 Å². The third-order valence-electron chi connectivity index (χ3n) is 2.19. The molecule has 0 amide bonds. The van der Waals surface area contributed by atoms with E-state index in [0.717, 1.165) is 30.9 Å². The molecule has 1 aromatic rings. The summed E-state index contributed by atoms with van der Waals surface area (Å²) in [6.45, 7) is 1.00. The van der Waals surface area contributed by atoms with Gasteiger partial charge in [-0.05, 0) is 18.6 Å². The second kappa shape index (κ2) is 2.97. The van der Waals surface area contributed by atoms with E-state index in [1.54, 1.807) is 0 Å². The first-order valence-corrected chi connectivity index (χ1v) is 4.28.